The van der Waals surface area contributed by atoms with Crippen LogP contribution in [0.25, 0.3) is 22.3 Å². The highest BCUT2D eigenvalue weighted by Crippen LogP contribution is 2.63. The van der Waals surface area contributed by atoms with Gasteiger partial charge < -0.3 is 0 Å². The third kappa shape index (κ3) is 2.00. The second-order valence-corrected chi connectivity index (χ2v) is 9.97. The number of benzene rings is 4. The predicted octanol–water partition coefficient (Wildman–Crippen LogP) is 8.32. The van der Waals surface area contributed by atoms with Gasteiger partial charge in [0.2, 0.25) is 0 Å². The monoisotopic (exact) mass is 550 g/mol. The first-order valence-corrected chi connectivity index (χ1v) is 11.5. The third-order valence-electron chi connectivity index (χ3n) is 6.09. The lowest BCUT2D eigenvalue weighted by Gasteiger charge is -2.30. The van der Waals surface area contributed by atoms with Gasteiger partial charge >= 0.3 is 0 Å². The Morgan fingerprint density at radius 3 is 1.71 bits per heavy atom. The molecule has 0 bridgehead atoms. The fourth-order valence-electron chi connectivity index (χ4n) is 5.10. The number of halogens is 3. The maximum Gasteiger partial charge on any atom is 0.0726 e. The van der Waals surface area contributed by atoms with Crippen molar-refractivity contribution >= 4 is 47.8 Å². The first-order chi connectivity index (χ1) is 13.6. The molecule has 3 heteroatoms. The van der Waals surface area contributed by atoms with Gasteiger partial charge in [-0.2, -0.15) is 0 Å². The second kappa shape index (κ2) is 5.91. The molecule has 4 aromatic rings. The van der Waals surface area contributed by atoms with E-state index in [1.807, 2.05) is 0 Å². The van der Waals surface area contributed by atoms with Crippen molar-refractivity contribution in [3.8, 4) is 22.3 Å². The SMILES string of the molecule is Brc1ccc2c(c1)C1(c3ccccc3-2)c2ccccc2-c2cc(Br)c(Br)cc21. The molecule has 0 fully saturated rings. The van der Waals surface area contributed by atoms with Crippen molar-refractivity contribution in [2.24, 2.45) is 0 Å². The molecule has 0 aromatic heterocycles. The zero-order valence-corrected chi connectivity index (χ0v) is 19.4. The van der Waals surface area contributed by atoms with Gasteiger partial charge in [0.25, 0.3) is 0 Å². The third-order valence-corrected chi connectivity index (χ3v) is 8.43. The largest absolute Gasteiger partial charge is 0.0726 e. The van der Waals surface area contributed by atoms with Gasteiger partial charge in [-0.05, 0) is 101 Å². The Balaban J connectivity index is 1.87. The summed E-state index contributed by atoms with van der Waals surface area (Å²) in [6.45, 7) is 0. The van der Waals surface area contributed by atoms with Gasteiger partial charge in [-0.3, -0.25) is 0 Å². The Morgan fingerprint density at radius 1 is 0.464 bits per heavy atom. The summed E-state index contributed by atoms with van der Waals surface area (Å²) < 4.78 is 3.28. The molecular weight excluding hydrogens is 540 g/mol. The van der Waals surface area contributed by atoms with Gasteiger partial charge in [0.1, 0.15) is 0 Å². The molecule has 0 N–H and O–H groups in total. The van der Waals surface area contributed by atoms with Gasteiger partial charge in [0.15, 0.2) is 0 Å². The van der Waals surface area contributed by atoms with Crippen molar-refractivity contribution in [2.75, 3.05) is 0 Å². The summed E-state index contributed by atoms with van der Waals surface area (Å²) in [5.41, 5.74) is 10.4. The topological polar surface area (TPSA) is 0 Å². The molecule has 0 saturated heterocycles. The van der Waals surface area contributed by atoms with E-state index in [9.17, 15) is 0 Å². The molecule has 6 rings (SSSR count). The minimum absolute atomic E-state index is 0.287. The Kier molecular flexibility index (Phi) is 3.63. The fourth-order valence-corrected chi connectivity index (χ4v) is 6.15. The maximum absolute atomic E-state index is 3.76. The molecule has 0 radical (unpaired) electrons. The first kappa shape index (κ1) is 17.2. The van der Waals surface area contributed by atoms with E-state index in [1.165, 1.54) is 44.5 Å². The number of rotatable bonds is 0. The number of fused-ring (bicyclic) bond motifs is 10. The Bertz CT molecular complexity index is 1310. The molecule has 1 spiro atoms. The van der Waals surface area contributed by atoms with E-state index in [4.69, 9.17) is 0 Å². The van der Waals surface area contributed by atoms with Crippen molar-refractivity contribution in [1.29, 1.82) is 0 Å². The zero-order chi connectivity index (χ0) is 19.0. The van der Waals surface area contributed by atoms with Crippen molar-refractivity contribution in [3.05, 3.63) is 115 Å². The van der Waals surface area contributed by atoms with Crippen LogP contribution < -0.4 is 0 Å². The summed E-state index contributed by atoms with van der Waals surface area (Å²) in [5.74, 6) is 0. The molecule has 28 heavy (non-hydrogen) atoms. The van der Waals surface area contributed by atoms with Crippen LogP contribution in [0.2, 0.25) is 0 Å². The van der Waals surface area contributed by atoms with Gasteiger partial charge in [0, 0.05) is 13.4 Å². The molecule has 4 aromatic carbocycles. The maximum atomic E-state index is 3.76. The summed E-state index contributed by atoms with van der Waals surface area (Å²) in [5, 5.41) is 0. The normalized spacial score (nSPS) is 18.0. The Morgan fingerprint density at radius 2 is 1.00 bits per heavy atom. The molecule has 0 heterocycles. The van der Waals surface area contributed by atoms with E-state index >= 15 is 0 Å². The van der Waals surface area contributed by atoms with Gasteiger partial charge in [-0.25, -0.2) is 0 Å². The van der Waals surface area contributed by atoms with Crippen LogP contribution >= 0.6 is 47.8 Å². The van der Waals surface area contributed by atoms with E-state index in [2.05, 4.69) is 127 Å². The quantitative estimate of drug-likeness (QED) is 0.178. The first-order valence-electron chi connectivity index (χ1n) is 9.11. The highest BCUT2D eigenvalue weighted by atomic mass is 79.9. The van der Waals surface area contributed by atoms with Crippen LogP contribution in [0.1, 0.15) is 22.3 Å². The minimum atomic E-state index is -0.287. The van der Waals surface area contributed by atoms with Gasteiger partial charge in [-0.15, -0.1) is 0 Å². The summed E-state index contributed by atoms with van der Waals surface area (Å²) >= 11 is 11.2. The molecule has 0 saturated carbocycles. The van der Waals surface area contributed by atoms with E-state index < -0.39 is 0 Å². The molecule has 1 unspecified atom stereocenters. The molecular formula is C25H13Br3. The van der Waals surface area contributed by atoms with Crippen molar-refractivity contribution in [3.63, 3.8) is 0 Å². The molecule has 0 nitrogen and oxygen atoms in total. The summed E-state index contributed by atoms with van der Waals surface area (Å²) in [7, 11) is 0. The smallest absolute Gasteiger partial charge is 0.0619 e. The lowest BCUT2D eigenvalue weighted by molar-refractivity contribution is 0.792. The fraction of sp³-hybridized carbons (Fsp3) is 0.0400. The van der Waals surface area contributed by atoms with Crippen LogP contribution in [0.3, 0.4) is 0 Å². The van der Waals surface area contributed by atoms with Crippen LogP contribution in [0, 0.1) is 0 Å². The molecule has 2 aliphatic carbocycles. The van der Waals surface area contributed by atoms with Crippen LogP contribution in [-0.2, 0) is 5.41 Å². The van der Waals surface area contributed by atoms with Gasteiger partial charge in [0.05, 0.1) is 5.41 Å². The highest BCUT2D eigenvalue weighted by molar-refractivity contribution is 9.13. The Labute approximate surface area is 189 Å². The standard InChI is InChI=1S/C25H13Br3/c26-14-9-10-17-15-5-1-3-7-19(15)25(21(17)11-14)20-8-4-2-6-16(20)18-12-23(27)24(28)13-22(18)25/h1-13H. The molecule has 0 amide bonds. The molecule has 2 aliphatic rings. The second-order valence-electron chi connectivity index (χ2n) is 7.34. The summed E-state index contributed by atoms with van der Waals surface area (Å²) in [6, 6.07) is 29.0. The number of hydrogen-bond donors (Lipinski definition) is 0. The predicted molar refractivity (Wildman–Crippen MR) is 126 cm³/mol. The van der Waals surface area contributed by atoms with Crippen molar-refractivity contribution < 1.29 is 0 Å². The van der Waals surface area contributed by atoms with Crippen molar-refractivity contribution in [2.45, 2.75) is 5.41 Å². The van der Waals surface area contributed by atoms with E-state index in [0.717, 1.165) is 13.4 Å². The zero-order valence-electron chi connectivity index (χ0n) is 14.6. The van der Waals surface area contributed by atoms with E-state index in [0.29, 0.717) is 0 Å². The van der Waals surface area contributed by atoms with E-state index in [1.54, 1.807) is 0 Å². The average Bonchev–Trinajstić information content (AvgIpc) is 3.15. The van der Waals surface area contributed by atoms with Gasteiger partial charge in [-0.1, -0.05) is 70.5 Å². The lowest BCUT2D eigenvalue weighted by atomic mass is 9.70. The average molecular weight is 553 g/mol. The number of hydrogen-bond acceptors (Lipinski definition) is 0. The van der Waals surface area contributed by atoms with Crippen LogP contribution in [-0.4, -0.2) is 0 Å². The van der Waals surface area contributed by atoms with E-state index in [-0.39, 0.29) is 5.41 Å². The summed E-state index contributed by atoms with van der Waals surface area (Å²) in [4.78, 5) is 0. The van der Waals surface area contributed by atoms with Crippen LogP contribution in [0.4, 0.5) is 0 Å². The molecule has 0 aliphatic heterocycles. The highest BCUT2D eigenvalue weighted by Gasteiger charge is 2.51. The lowest BCUT2D eigenvalue weighted by Crippen LogP contribution is -2.25. The van der Waals surface area contributed by atoms with Crippen molar-refractivity contribution in [1.82, 2.24) is 0 Å². The molecule has 134 valence electrons. The van der Waals surface area contributed by atoms with Crippen LogP contribution in [0.15, 0.2) is 92.3 Å². The summed E-state index contributed by atoms with van der Waals surface area (Å²) in [6.07, 6.45) is 0. The minimum Gasteiger partial charge on any atom is -0.0619 e. The molecule has 1 atom stereocenters. The van der Waals surface area contributed by atoms with Crippen LogP contribution in [0.5, 0.6) is 0 Å². The Hall–Kier alpha value is -1.68.